The van der Waals surface area contributed by atoms with Gasteiger partial charge in [-0.05, 0) is 5.56 Å². The number of rotatable bonds is 3. The Kier molecular flexibility index (Phi) is 3.11. The van der Waals surface area contributed by atoms with Gasteiger partial charge in [-0.1, -0.05) is 30.3 Å². The quantitative estimate of drug-likeness (QED) is 0.787. The van der Waals surface area contributed by atoms with Gasteiger partial charge in [-0.2, -0.15) is 5.26 Å². The Morgan fingerprint density at radius 2 is 2.07 bits per heavy atom. The van der Waals surface area contributed by atoms with Crippen LogP contribution in [0.25, 0.3) is 0 Å². The van der Waals surface area contributed by atoms with Gasteiger partial charge < -0.3 is 0 Å². The first-order chi connectivity index (χ1) is 7.38. The van der Waals surface area contributed by atoms with Gasteiger partial charge in [-0.15, -0.1) is 11.3 Å². The van der Waals surface area contributed by atoms with E-state index in [1.165, 1.54) is 5.56 Å². The third-order valence-corrected chi connectivity index (χ3v) is 2.96. The molecule has 2 aromatic rings. The Morgan fingerprint density at radius 1 is 1.27 bits per heavy atom. The summed E-state index contributed by atoms with van der Waals surface area (Å²) in [6.45, 7) is 0. The minimum Gasteiger partial charge on any atom is -0.245 e. The number of hydrogen-bond donors (Lipinski definition) is 0. The van der Waals surface area contributed by atoms with E-state index in [4.69, 9.17) is 5.26 Å². The van der Waals surface area contributed by atoms with Crippen LogP contribution >= 0.6 is 11.3 Å². The standard InChI is InChI=1S/C12H10N2S/c13-7-6-11-9-15-12(14-11)8-10-4-2-1-3-5-10/h1-5,9H,6,8H2. The van der Waals surface area contributed by atoms with Crippen LogP contribution in [0.5, 0.6) is 0 Å². The molecule has 74 valence electrons. The van der Waals surface area contributed by atoms with E-state index in [-0.39, 0.29) is 0 Å². The number of nitriles is 1. The highest BCUT2D eigenvalue weighted by atomic mass is 32.1. The van der Waals surface area contributed by atoms with Gasteiger partial charge in [0.25, 0.3) is 0 Å². The van der Waals surface area contributed by atoms with Gasteiger partial charge in [0.1, 0.15) is 0 Å². The summed E-state index contributed by atoms with van der Waals surface area (Å²) in [6.07, 6.45) is 1.27. The lowest BCUT2D eigenvalue weighted by atomic mass is 10.2. The fourth-order valence-electron chi connectivity index (χ4n) is 1.36. The molecule has 0 aliphatic rings. The molecule has 0 atom stereocenters. The van der Waals surface area contributed by atoms with Gasteiger partial charge in [0, 0.05) is 11.8 Å². The summed E-state index contributed by atoms with van der Waals surface area (Å²) >= 11 is 1.62. The minimum atomic E-state index is 0.408. The highest BCUT2D eigenvalue weighted by Crippen LogP contribution is 2.14. The van der Waals surface area contributed by atoms with Crippen LogP contribution in [0.4, 0.5) is 0 Å². The second-order valence-electron chi connectivity index (χ2n) is 3.23. The van der Waals surface area contributed by atoms with Crippen LogP contribution in [0, 0.1) is 11.3 Å². The lowest BCUT2D eigenvalue weighted by Gasteiger charge is -1.95. The van der Waals surface area contributed by atoms with E-state index in [0.717, 1.165) is 17.1 Å². The molecule has 0 saturated carbocycles. The molecule has 0 amide bonds. The van der Waals surface area contributed by atoms with Crippen molar-refractivity contribution in [3.63, 3.8) is 0 Å². The van der Waals surface area contributed by atoms with Gasteiger partial charge in [0.05, 0.1) is 23.2 Å². The van der Waals surface area contributed by atoms with Crippen molar-refractivity contribution >= 4 is 11.3 Å². The van der Waals surface area contributed by atoms with Gasteiger partial charge in [0.15, 0.2) is 0 Å². The molecule has 0 spiro atoms. The van der Waals surface area contributed by atoms with Crippen molar-refractivity contribution in [3.05, 3.63) is 52.0 Å². The Bertz CT molecular complexity index is 468. The molecule has 2 rings (SSSR count). The molecule has 1 heterocycles. The van der Waals surface area contributed by atoms with Crippen LogP contribution in [0.3, 0.4) is 0 Å². The predicted octanol–water partition coefficient (Wildman–Crippen LogP) is 2.80. The van der Waals surface area contributed by atoms with E-state index in [2.05, 4.69) is 23.2 Å². The van der Waals surface area contributed by atoms with Gasteiger partial charge in [-0.3, -0.25) is 0 Å². The van der Waals surface area contributed by atoms with Crippen LogP contribution in [0.2, 0.25) is 0 Å². The van der Waals surface area contributed by atoms with E-state index in [0.29, 0.717) is 6.42 Å². The third-order valence-electron chi connectivity index (χ3n) is 2.06. The summed E-state index contributed by atoms with van der Waals surface area (Å²) in [4.78, 5) is 4.39. The van der Waals surface area contributed by atoms with Crippen LogP contribution in [0.1, 0.15) is 16.3 Å². The third kappa shape index (κ3) is 2.64. The van der Waals surface area contributed by atoms with Crippen molar-refractivity contribution in [1.29, 1.82) is 5.26 Å². The average molecular weight is 214 g/mol. The normalized spacial score (nSPS) is 9.80. The molecule has 0 fully saturated rings. The SMILES string of the molecule is N#CCc1csc(Cc2ccccc2)n1. The molecule has 15 heavy (non-hydrogen) atoms. The Hall–Kier alpha value is -1.66. The molecule has 0 radical (unpaired) electrons. The lowest BCUT2D eigenvalue weighted by Crippen LogP contribution is -1.88. The number of aromatic nitrogens is 1. The summed E-state index contributed by atoms with van der Waals surface area (Å²) < 4.78 is 0. The largest absolute Gasteiger partial charge is 0.245 e. The van der Waals surface area contributed by atoms with Gasteiger partial charge in [-0.25, -0.2) is 4.98 Å². The van der Waals surface area contributed by atoms with Crippen molar-refractivity contribution in [1.82, 2.24) is 4.98 Å². The number of nitrogens with zero attached hydrogens (tertiary/aromatic N) is 2. The second kappa shape index (κ2) is 4.72. The molecule has 0 unspecified atom stereocenters. The fraction of sp³-hybridized carbons (Fsp3) is 0.167. The van der Waals surface area contributed by atoms with Crippen LogP contribution in [0.15, 0.2) is 35.7 Å². The van der Waals surface area contributed by atoms with Crippen molar-refractivity contribution < 1.29 is 0 Å². The molecule has 0 bridgehead atoms. The molecule has 2 nitrogen and oxygen atoms in total. The molecule has 0 saturated heterocycles. The number of hydrogen-bond acceptors (Lipinski definition) is 3. The zero-order chi connectivity index (χ0) is 10.5. The highest BCUT2D eigenvalue weighted by Gasteiger charge is 2.02. The summed E-state index contributed by atoms with van der Waals surface area (Å²) in [6, 6.07) is 12.3. The molecule has 3 heteroatoms. The number of benzene rings is 1. The summed E-state index contributed by atoms with van der Waals surface area (Å²) in [5, 5.41) is 11.6. The van der Waals surface area contributed by atoms with E-state index in [9.17, 15) is 0 Å². The van der Waals surface area contributed by atoms with Crippen LogP contribution < -0.4 is 0 Å². The Morgan fingerprint density at radius 3 is 2.80 bits per heavy atom. The minimum absolute atomic E-state index is 0.408. The number of thiazole rings is 1. The monoisotopic (exact) mass is 214 g/mol. The molecule has 0 N–H and O–H groups in total. The zero-order valence-corrected chi connectivity index (χ0v) is 9.00. The summed E-state index contributed by atoms with van der Waals surface area (Å²) in [5.41, 5.74) is 2.14. The first-order valence-electron chi connectivity index (χ1n) is 4.72. The van der Waals surface area contributed by atoms with E-state index >= 15 is 0 Å². The topological polar surface area (TPSA) is 36.7 Å². The van der Waals surface area contributed by atoms with E-state index in [1.807, 2.05) is 23.6 Å². The first-order valence-corrected chi connectivity index (χ1v) is 5.60. The van der Waals surface area contributed by atoms with Crippen LogP contribution in [-0.4, -0.2) is 4.98 Å². The fourth-order valence-corrected chi connectivity index (χ4v) is 2.19. The molecular formula is C12H10N2S. The predicted molar refractivity (Wildman–Crippen MR) is 60.7 cm³/mol. The van der Waals surface area contributed by atoms with Gasteiger partial charge in [0.2, 0.25) is 0 Å². The first kappa shape index (κ1) is 9.88. The maximum atomic E-state index is 8.53. The van der Waals surface area contributed by atoms with Crippen molar-refractivity contribution in [3.8, 4) is 6.07 Å². The van der Waals surface area contributed by atoms with E-state index in [1.54, 1.807) is 11.3 Å². The Balaban J connectivity index is 2.09. The van der Waals surface area contributed by atoms with E-state index < -0.39 is 0 Å². The summed E-state index contributed by atoms with van der Waals surface area (Å²) in [5.74, 6) is 0. The smallest absolute Gasteiger partial charge is 0.0972 e. The second-order valence-corrected chi connectivity index (χ2v) is 4.17. The lowest BCUT2D eigenvalue weighted by molar-refractivity contribution is 1.07. The maximum absolute atomic E-state index is 8.53. The molecule has 1 aromatic carbocycles. The average Bonchev–Trinajstić information content (AvgIpc) is 2.68. The zero-order valence-electron chi connectivity index (χ0n) is 8.18. The molecule has 0 aliphatic heterocycles. The summed E-state index contributed by atoms with van der Waals surface area (Å²) in [7, 11) is 0. The maximum Gasteiger partial charge on any atom is 0.0972 e. The molecular weight excluding hydrogens is 204 g/mol. The van der Waals surface area contributed by atoms with Crippen molar-refractivity contribution in [2.75, 3.05) is 0 Å². The highest BCUT2D eigenvalue weighted by molar-refractivity contribution is 7.09. The van der Waals surface area contributed by atoms with Crippen LogP contribution in [-0.2, 0) is 12.8 Å². The Labute approximate surface area is 92.8 Å². The van der Waals surface area contributed by atoms with Crippen molar-refractivity contribution in [2.45, 2.75) is 12.8 Å². The molecule has 1 aromatic heterocycles. The molecule has 0 aliphatic carbocycles. The van der Waals surface area contributed by atoms with Crippen molar-refractivity contribution in [2.24, 2.45) is 0 Å². The van der Waals surface area contributed by atoms with Gasteiger partial charge >= 0.3 is 0 Å².